The number of nitrogens with zero attached hydrogens (tertiary/aromatic N) is 1. The molecule has 0 unspecified atom stereocenters. The third-order valence-electron chi connectivity index (χ3n) is 6.37. The lowest BCUT2D eigenvalue weighted by molar-refractivity contribution is -0.160. The van der Waals surface area contributed by atoms with Crippen LogP contribution in [0, 0.1) is 12.8 Å². The van der Waals surface area contributed by atoms with Gasteiger partial charge in [0.1, 0.15) is 5.70 Å². The van der Waals surface area contributed by atoms with Crippen molar-refractivity contribution in [2.45, 2.75) is 65.2 Å². The molecule has 0 aliphatic carbocycles. The van der Waals surface area contributed by atoms with Crippen LogP contribution in [-0.4, -0.2) is 48.4 Å². The molecule has 0 saturated carbocycles. The predicted molar refractivity (Wildman–Crippen MR) is 133 cm³/mol. The van der Waals surface area contributed by atoms with Crippen LogP contribution in [0.2, 0.25) is 19.6 Å². The minimum atomic E-state index is -1.87. The Morgan fingerprint density at radius 3 is 2.43 bits per heavy atom. The number of nitrogens with one attached hydrogen (secondary N) is 1. The van der Waals surface area contributed by atoms with E-state index in [1.54, 1.807) is 24.3 Å². The lowest BCUT2D eigenvalue weighted by Crippen LogP contribution is -2.63. The van der Waals surface area contributed by atoms with Crippen LogP contribution in [0.25, 0.3) is 5.57 Å². The van der Waals surface area contributed by atoms with Gasteiger partial charge in [-0.15, -0.1) is 0 Å². The van der Waals surface area contributed by atoms with Gasteiger partial charge in [-0.2, -0.15) is 0 Å². The van der Waals surface area contributed by atoms with E-state index in [1.165, 1.54) is 11.8 Å². The van der Waals surface area contributed by atoms with E-state index in [0.29, 0.717) is 17.6 Å². The summed E-state index contributed by atoms with van der Waals surface area (Å²) < 4.78 is 20.6. The number of alkyl carbamates (subject to hydrolysis) is 1. The molecule has 2 aromatic rings. The molecule has 0 spiro atoms. The monoisotopic (exact) mass is 530 g/mol. The van der Waals surface area contributed by atoms with Crippen LogP contribution in [0.4, 0.5) is 4.79 Å². The molecule has 198 valence electrons. The quantitative estimate of drug-likeness (QED) is 0.368. The number of rotatable bonds is 9. The Morgan fingerprint density at radius 1 is 1.19 bits per heavy atom. The molecule has 1 fully saturated rings. The van der Waals surface area contributed by atoms with E-state index in [4.69, 9.17) is 18.0 Å². The van der Waals surface area contributed by atoms with Crippen molar-refractivity contribution in [3.05, 3.63) is 63.2 Å². The molecule has 2 amide bonds. The predicted octanol–water partition coefficient (Wildman–Crippen LogP) is 3.23. The first-order valence-corrected chi connectivity index (χ1v) is 15.3. The van der Waals surface area contributed by atoms with E-state index >= 15 is 0 Å². The van der Waals surface area contributed by atoms with Crippen LogP contribution >= 0.6 is 0 Å². The number of amides is 2. The highest BCUT2D eigenvalue weighted by Crippen LogP contribution is 2.47. The Kier molecular flexibility index (Phi) is 7.15. The molecule has 3 heterocycles. The number of carboxylic acid groups (broad SMARTS) is 1. The zero-order chi connectivity index (χ0) is 27.1. The lowest BCUT2D eigenvalue weighted by Gasteiger charge is -2.47. The SMILES string of the molecule is Cc1oc(=O)oc1COC(=O)NCc1ccc(C2=C(C(=O)O)N3C(=O)[C@H]([C@@H](C)O[Si](C)(C)C)[C@H]3C2)cc1. The molecule has 1 aromatic heterocycles. The Hall–Kier alpha value is -3.64. The van der Waals surface area contributed by atoms with Gasteiger partial charge in [-0.1, -0.05) is 24.3 Å². The van der Waals surface area contributed by atoms with Crippen LogP contribution in [-0.2, 0) is 31.9 Å². The zero-order valence-corrected chi connectivity index (χ0v) is 22.3. The van der Waals surface area contributed by atoms with Crippen molar-refractivity contribution in [3.8, 4) is 0 Å². The van der Waals surface area contributed by atoms with Gasteiger partial charge in [0, 0.05) is 6.54 Å². The number of benzene rings is 1. The number of fused-ring (bicyclic) bond motifs is 1. The summed E-state index contributed by atoms with van der Waals surface area (Å²) >= 11 is 0. The maximum absolute atomic E-state index is 12.9. The average Bonchev–Trinajstić information content (AvgIpc) is 3.31. The second kappa shape index (κ2) is 10.0. The highest BCUT2D eigenvalue weighted by atomic mass is 28.4. The molecular weight excluding hydrogens is 500 g/mol. The zero-order valence-electron chi connectivity index (χ0n) is 21.3. The summed E-state index contributed by atoms with van der Waals surface area (Å²) in [6, 6.07) is 6.86. The number of ether oxygens (including phenoxy) is 1. The fourth-order valence-electron chi connectivity index (χ4n) is 4.83. The molecule has 11 nitrogen and oxygen atoms in total. The number of hydrogen-bond donors (Lipinski definition) is 2. The van der Waals surface area contributed by atoms with E-state index in [9.17, 15) is 24.3 Å². The first kappa shape index (κ1) is 26.4. The fraction of sp³-hybridized carbons (Fsp3) is 0.440. The van der Waals surface area contributed by atoms with Crippen LogP contribution in [0.5, 0.6) is 0 Å². The van der Waals surface area contributed by atoms with Crippen molar-refractivity contribution in [1.82, 2.24) is 10.2 Å². The van der Waals surface area contributed by atoms with Crippen LogP contribution in [0.3, 0.4) is 0 Å². The van der Waals surface area contributed by atoms with E-state index in [2.05, 4.69) is 25.0 Å². The van der Waals surface area contributed by atoms with Crippen molar-refractivity contribution in [2.75, 3.05) is 0 Å². The average molecular weight is 531 g/mol. The molecule has 2 aliphatic heterocycles. The van der Waals surface area contributed by atoms with Gasteiger partial charge in [0.15, 0.2) is 26.4 Å². The molecule has 2 aliphatic rings. The van der Waals surface area contributed by atoms with Crippen molar-refractivity contribution in [1.29, 1.82) is 0 Å². The summed E-state index contributed by atoms with van der Waals surface area (Å²) in [5.74, 6) is -2.21. The number of hydrogen-bond acceptors (Lipinski definition) is 8. The summed E-state index contributed by atoms with van der Waals surface area (Å²) in [6.45, 7) is 9.50. The van der Waals surface area contributed by atoms with Gasteiger partial charge in [0.2, 0.25) is 5.91 Å². The highest BCUT2D eigenvalue weighted by molar-refractivity contribution is 6.69. The summed E-state index contributed by atoms with van der Waals surface area (Å²) in [5, 5.41) is 12.5. The summed E-state index contributed by atoms with van der Waals surface area (Å²) in [6.07, 6.45) is -0.552. The largest absolute Gasteiger partial charge is 0.519 e. The summed E-state index contributed by atoms with van der Waals surface area (Å²) in [7, 11) is -1.87. The van der Waals surface area contributed by atoms with Gasteiger partial charge < -0.3 is 33.3 Å². The van der Waals surface area contributed by atoms with E-state index < -0.39 is 26.2 Å². The van der Waals surface area contributed by atoms with Gasteiger partial charge in [-0.05, 0) is 56.6 Å². The Bertz CT molecular complexity index is 1300. The molecule has 0 radical (unpaired) electrons. The van der Waals surface area contributed by atoms with Gasteiger partial charge in [0.05, 0.1) is 18.1 Å². The second-order valence-corrected chi connectivity index (χ2v) is 14.6. The molecule has 37 heavy (non-hydrogen) atoms. The Labute approximate surface area is 214 Å². The lowest BCUT2D eigenvalue weighted by atomic mass is 9.82. The molecule has 1 saturated heterocycles. The topological polar surface area (TPSA) is 149 Å². The molecule has 3 atom stereocenters. The fourth-order valence-corrected chi connectivity index (χ4v) is 6.09. The Morgan fingerprint density at radius 2 is 1.86 bits per heavy atom. The van der Waals surface area contributed by atoms with Crippen molar-refractivity contribution in [2.24, 2.45) is 5.92 Å². The Balaban J connectivity index is 1.39. The van der Waals surface area contributed by atoms with Gasteiger partial charge >= 0.3 is 17.9 Å². The van der Waals surface area contributed by atoms with Gasteiger partial charge in [-0.3, -0.25) is 4.79 Å². The number of carbonyl (C=O) groups is 3. The molecular formula is C25H30N2O9Si. The maximum Gasteiger partial charge on any atom is 0.519 e. The molecule has 0 bridgehead atoms. The first-order valence-electron chi connectivity index (χ1n) is 11.9. The molecule has 4 rings (SSSR count). The van der Waals surface area contributed by atoms with Gasteiger partial charge in [0.25, 0.3) is 0 Å². The van der Waals surface area contributed by atoms with Crippen molar-refractivity contribution < 1.29 is 37.5 Å². The number of β-lactam (4-membered cyclic amide) rings is 1. The highest BCUT2D eigenvalue weighted by Gasteiger charge is 2.57. The molecule has 12 heteroatoms. The third kappa shape index (κ3) is 5.54. The van der Waals surface area contributed by atoms with Crippen LogP contribution in [0.15, 0.2) is 43.6 Å². The van der Waals surface area contributed by atoms with E-state index in [0.717, 1.165) is 5.56 Å². The molecule has 2 N–H and O–H groups in total. The van der Waals surface area contributed by atoms with E-state index in [1.807, 2.05) is 6.92 Å². The van der Waals surface area contributed by atoms with Gasteiger partial charge in [-0.25, -0.2) is 14.4 Å². The summed E-state index contributed by atoms with van der Waals surface area (Å²) in [4.78, 5) is 49.4. The normalized spacial score (nSPS) is 19.9. The second-order valence-electron chi connectivity index (χ2n) is 10.1. The summed E-state index contributed by atoms with van der Waals surface area (Å²) in [5.41, 5.74) is 2.08. The number of aliphatic carboxylic acids is 1. The maximum atomic E-state index is 12.9. The third-order valence-corrected chi connectivity index (χ3v) is 7.44. The minimum absolute atomic E-state index is 0.0158. The van der Waals surface area contributed by atoms with Crippen LogP contribution in [0.1, 0.15) is 36.0 Å². The van der Waals surface area contributed by atoms with Crippen molar-refractivity contribution in [3.63, 3.8) is 0 Å². The standard InChI is InChI=1S/C25H30N2O9Si/c1-13-19(35-25(32)34-13)12-33-24(31)26-11-15-6-8-16(9-7-15)17-10-18-20(14(2)36-37(3,4)5)22(28)27(18)21(17)23(29)30/h6-9,14,18,20H,10-12H2,1-5H3,(H,26,31)(H,29,30)/t14-,18-,20-/m1/s1. The number of aryl methyl sites for hydroxylation is 1. The van der Waals surface area contributed by atoms with Crippen LogP contribution < -0.4 is 11.1 Å². The number of carboxylic acids is 1. The van der Waals surface area contributed by atoms with E-state index in [-0.39, 0.29) is 54.3 Å². The smallest absolute Gasteiger partial charge is 0.477 e. The first-order chi connectivity index (χ1) is 17.4. The molecule has 1 aromatic carbocycles. The minimum Gasteiger partial charge on any atom is -0.477 e. The van der Waals surface area contributed by atoms with Crippen molar-refractivity contribution >= 4 is 31.9 Å². The number of carbonyl (C=O) groups excluding carboxylic acids is 2.